The molecule has 0 bridgehead atoms. The molecular weight excluding hydrogens is 136 g/mol. The van der Waals surface area contributed by atoms with Crippen molar-refractivity contribution in [2.75, 3.05) is 13.2 Å². The van der Waals surface area contributed by atoms with E-state index in [4.69, 9.17) is 9.84 Å². The molecule has 0 aromatic carbocycles. The highest BCUT2D eigenvalue weighted by Gasteiger charge is 2.27. The van der Waals surface area contributed by atoms with Crippen LogP contribution in [0.25, 0.3) is 0 Å². The molecule has 1 aliphatic heterocycles. The molecule has 1 saturated heterocycles. The first kappa shape index (κ1) is 7.21. The van der Waals surface area contributed by atoms with Crippen LogP contribution in [-0.4, -0.2) is 30.1 Å². The van der Waals surface area contributed by atoms with Crippen LogP contribution in [0.15, 0.2) is 0 Å². The van der Waals surface area contributed by atoms with Gasteiger partial charge in [0, 0.05) is 0 Å². The molecule has 4 heteroatoms. The third kappa shape index (κ3) is 1.54. The summed E-state index contributed by atoms with van der Waals surface area (Å²) in [4.78, 5) is 20.8. The Hall–Kier alpha value is -0.900. The number of rotatable bonds is 2. The van der Waals surface area contributed by atoms with Gasteiger partial charge in [-0.1, -0.05) is 0 Å². The number of ketones is 1. The number of Topliss-reactive ketones (excluding diaryl/α,β-unsaturated/α-hetero) is 1. The third-order valence-corrected chi connectivity index (χ3v) is 1.44. The van der Waals surface area contributed by atoms with Crippen molar-refractivity contribution in [2.24, 2.45) is 5.92 Å². The predicted octanol–water partition coefficient (Wildman–Crippen LogP) is -0.323. The molecule has 1 heterocycles. The van der Waals surface area contributed by atoms with Crippen LogP contribution in [0.4, 0.5) is 0 Å². The molecule has 0 aromatic rings. The van der Waals surface area contributed by atoms with Crippen LogP contribution in [0.2, 0.25) is 0 Å². The Morgan fingerprint density at radius 1 is 1.80 bits per heavy atom. The first-order valence-corrected chi connectivity index (χ1v) is 3.02. The van der Waals surface area contributed by atoms with Crippen molar-refractivity contribution in [1.29, 1.82) is 0 Å². The molecule has 1 atom stereocenters. The van der Waals surface area contributed by atoms with E-state index in [1.165, 1.54) is 0 Å². The Morgan fingerprint density at radius 3 is 2.90 bits per heavy atom. The van der Waals surface area contributed by atoms with Gasteiger partial charge < -0.3 is 9.84 Å². The average Bonchev–Trinajstić information content (AvgIpc) is 2.15. The van der Waals surface area contributed by atoms with E-state index in [9.17, 15) is 9.59 Å². The molecule has 0 aliphatic carbocycles. The summed E-state index contributed by atoms with van der Waals surface area (Å²) >= 11 is 0. The second-order valence-electron chi connectivity index (χ2n) is 2.28. The fourth-order valence-corrected chi connectivity index (χ4v) is 0.896. The molecule has 1 aliphatic rings. The van der Waals surface area contributed by atoms with E-state index in [0.717, 1.165) is 0 Å². The van der Waals surface area contributed by atoms with Crippen molar-refractivity contribution in [3.8, 4) is 0 Å². The molecule has 0 radical (unpaired) electrons. The number of ether oxygens (including phenoxy) is 1. The highest BCUT2D eigenvalue weighted by Crippen LogP contribution is 2.11. The Morgan fingerprint density at radius 2 is 2.50 bits per heavy atom. The SMILES string of the molecule is O=C(O)CC1COCC1=O. The highest BCUT2D eigenvalue weighted by atomic mass is 16.5. The number of carboxylic acid groups (broad SMARTS) is 1. The zero-order chi connectivity index (χ0) is 7.56. The average molecular weight is 144 g/mol. The lowest BCUT2D eigenvalue weighted by Crippen LogP contribution is -2.15. The van der Waals surface area contributed by atoms with Crippen molar-refractivity contribution in [1.82, 2.24) is 0 Å². The van der Waals surface area contributed by atoms with Crippen molar-refractivity contribution in [3.63, 3.8) is 0 Å². The van der Waals surface area contributed by atoms with Crippen LogP contribution < -0.4 is 0 Å². The Balaban J connectivity index is 2.40. The number of carbonyl (C=O) groups excluding carboxylic acids is 1. The summed E-state index contributed by atoms with van der Waals surface area (Å²) in [6.07, 6.45) is -0.0984. The lowest BCUT2D eigenvalue weighted by Gasteiger charge is -1.98. The number of hydrogen-bond donors (Lipinski definition) is 1. The lowest BCUT2D eigenvalue weighted by atomic mass is 10.0. The van der Waals surface area contributed by atoms with Gasteiger partial charge in [-0.2, -0.15) is 0 Å². The molecule has 1 fully saturated rings. The molecular formula is C6H8O4. The summed E-state index contributed by atoms with van der Waals surface area (Å²) in [7, 11) is 0. The number of aliphatic carboxylic acids is 1. The summed E-state index contributed by atoms with van der Waals surface area (Å²) in [5.41, 5.74) is 0. The molecule has 10 heavy (non-hydrogen) atoms. The van der Waals surface area contributed by atoms with Crippen molar-refractivity contribution in [3.05, 3.63) is 0 Å². The van der Waals surface area contributed by atoms with Crippen molar-refractivity contribution in [2.45, 2.75) is 6.42 Å². The van der Waals surface area contributed by atoms with E-state index in [0.29, 0.717) is 0 Å². The van der Waals surface area contributed by atoms with Crippen LogP contribution in [0.5, 0.6) is 0 Å². The summed E-state index contributed by atoms with van der Waals surface area (Å²) in [5, 5.41) is 8.28. The minimum atomic E-state index is -0.941. The predicted molar refractivity (Wildman–Crippen MR) is 31.6 cm³/mol. The Labute approximate surface area is 57.8 Å². The van der Waals surface area contributed by atoms with Gasteiger partial charge in [0.2, 0.25) is 0 Å². The van der Waals surface area contributed by atoms with Gasteiger partial charge in [0.15, 0.2) is 5.78 Å². The number of hydrogen-bond acceptors (Lipinski definition) is 3. The molecule has 4 nitrogen and oxygen atoms in total. The summed E-state index contributed by atoms with van der Waals surface area (Å²) in [5.74, 6) is -1.44. The molecule has 56 valence electrons. The van der Waals surface area contributed by atoms with Crippen LogP contribution in [-0.2, 0) is 14.3 Å². The monoisotopic (exact) mass is 144 g/mol. The van der Waals surface area contributed by atoms with Crippen LogP contribution in [0.3, 0.4) is 0 Å². The summed E-state index contributed by atoms with van der Waals surface area (Å²) in [6, 6.07) is 0. The fourth-order valence-electron chi connectivity index (χ4n) is 0.896. The van der Waals surface area contributed by atoms with Crippen molar-refractivity contribution < 1.29 is 19.4 Å². The third-order valence-electron chi connectivity index (χ3n) is 1.44. The zero-order valence-electron chi connectivity index (χ0n) is 5.37. The Kier molecular flexibility index (Phi) is 2.01. The largest absolute Gasteiger partial charge is 0.481 e. The molecule has 1 N–H and O–H groups in total. The van der Waals surface area contributed by atoms with Gasteiger partial charge in [0.05, 0.1) is 18.9 Å². The zero-order valence-corrected chi connectivity index (χ0v) is 5.37. The van der Waals surface area contributed by atoms with E-state index >= 15 is 0 Å². The van der Waals surface area contributed by atoms with Crippen LogP contribution in [0, 0.1) is 5.92 Å². The van der Waals surface area contributed by atoms with Gasteiger partial charge in [-0.25, -0.2) is 0 Å². The van der Waals surface area contributed by atoms with Crippen LogP contribution >= 0.6 is 0 Å². The van der Waals surface area contributed by atoms with Gasteiger partial charge in [-0.3, -0.25) is 9.59 Å². The second kappa shape index (κ2) is 2.79. The van der Waals surface area contributed by atoms with Crippen molar-refractivity contribution >= 4 is 11.8 Å². The van der Waals surface area contributed by atoms with Gasteiger partial charge in [-0.05, 0) is 0 Å². The lowest BCUT2D eigenvalue weighted by molar-refractivity contribution is -0.139. The van der Waals surface area contributed by atoms with E-state index in [2.05, 4.69) is 0 Å². The standard InChI is InChI=1S/C6H8O4/c7-5-3-10-2-4(5)1-6(8)9/h4H,1-3H2,(H,8,9). The van der Waals surface area contributed by atoms with E-state index in [1.54, 1.807) is 0 Å². The van der Waals surface area contributed by atoms with E-state index < -0.39 is 11.9 Å². The van der Waals surface area contributed by atoms with Gasteiger partial charge in [-0.15, -0.1) is 0 Å². The maximum Gasteiger partial charge on any atom is 0.304 e. The molecule has 0 saturated carbocycles. The minimum absolute atomic E-state index is 0.0813. The molecule has 1 rings (SSSR count). The fraction of sp³-hybridized carbons (Fsp3) is 0.667. The summed E-state index contributed by atoms with van der Waals surface area (Å²) in [6.45, 7) is 0.350. The molecule has 0 amide bonds. The Bertz CT molecular complexity index is 163. The quantitative estimate of drug-likeness (QED) is 0.576. The number of carboxylic acids is 1. The summed E-state index contributed by atoms with van der Waals surface area (Å²) < 4.78 is 4.76. The topological polar surface area (TPSA) is 63.6 Å². The van der Waals surface area contributed by atoms with Gasteiger partial charge in [0.25, 0.3) is 0 Å². The highest BCUT2D eigenvalue weighted by molar-refractivity contribution is 5.87. The second-order valence-corrected chi connectivity index (χ2v) is 2.28. The minimum Gasteiger partial charge on any atom is -0.481 e. The first-order chi connectivity index (χ1) is 4.70. The smallest absolute Gasteiger partial charge is 0.304 e. The van der Waals surface area contributed by atoms with Gasteiger partial charge in [0.1, 0.15) is 6.61 Å². The molecule has 0 aromatic heterocycles. The van der Waals surface area contributed by atoms with E-state index in [1.807, 2.05) is 0 Å². The molecule has 1 unspecified atom stereocenters. The van der Waals surface area contributed by atoms with Crippen LogP contribution in [0.1, 0.15) is 6.42 Å². The van der Waals surface area contributed by atoms with E-state index in [-0.39, 0.29) is 25.4 Å². The number of carbonyl (C=O) groups is 2. The first-order valence-electron chi connectivity index (χ1n) is 3.02. The maximum atomic E-state index is 10.7. The maximum absolute atomic E-state index is 10.7. The normalized spacial score (nSPS) is 25.2. The van der Waals surface area contributed by atoms with Gasteiger partial charge >= 0.3 is 5.97 Å². The molecule has 0 spiro atoms.